The Hall–Kier alpha value is 0.0900. The molecule has 1 rings (SSSR count). The molecule has 18 heavy (non-hydrogen) atoms. The Morgan fingerprint density at radius 3 is 2.56 bits per heavy atom. The fourth-order valence-corrected chi connectivity index (χ4v) is 5.15. The molecule has 0 spiro atoms. The number of halogens is 1. The van der Waals surface area contributed by atoms with E-state index in [1.807, 2.05) is 6.92 Å². The molecule has 0 radical (unpaired) electrons. The van der Waals surface area contributed by atoms with E-state index in [1.54, 1.807) is 6.07 Å². The molecule has 0 unspecified atom stereocenters. The second-order valence-electron chi connectivity index (χ2n) is 4.76. The fourth-order valence-electron chi connectivity index (χ4n) is 1.66. The van der Waals surface area contributed by atoms with Crippen LogP contribution in [-0.2, 0) is 10.0 Å². The quantitative estimate of drug-likeness (QED) is 0.755. The minimum absolute atomic E-state index is 0.392. The van der Waals surface area contributed by atoms with Crippen LogP contribution < -0.4 is 4.72 Å². The molecule has 3 nitrogen and oxygen atoms in total. The highest BCUT2D eigenvalue weighted by molar-refractivity contribution is 9.11. The zero-order chi connectivity index (χ0) is 13.8. The van der Waals surface area contributed by atoms with Gasteiger partial charge in [0.05, 0.1) is 8.68 Å². The van der Waals surface area contributed by atoms with Gasteiger partial charge in [-0.05, 0) is 41.3 Å². The summed E-state index contributed by atoms with van der Waals surface area (Å²) >= 11 is 4.75. The van der Waals surface area contributed by atoms with E-state index in [-0.39, 0.29) is 0 Å². The molecule has 0 amide bonds. The molecule has 1 N–H and O–H groups in total. The van der Waals surface area contributed by atoms with Crippen LogP contribution in [0.15, 0.2) is 14.7 Å². The first kappa shape index (κ1) is 16.1. The van der Waals surface area contributed by atoms with Crippen molar-refractivity contribution in [1.82, 2.24) is 4.72 Å². The molecule has 0 aliphatic heterocycles. The number of unbranched alkanes of at least 4 members (excludes halogenated alkanes) is 1. The van der Waals surface area contributed by atoms with Crippen molar-refractivity contribution in [2.75, 3.05) is 6.54 Å². The van der Waals surface area contributed by atoms with Gasteiger partial charge in [-0.1, -0.05) is 26.7 Å². The maximum atomic E-state index is 12.0. The third-order valence-electron chi connectivity index (χ3n) is 2.63. The van der Waals surface area contributed by atoms with Crippen LogP contribution in [0.25, 0.3) is 0 Å². The van der Waals surface area contributed by atoms with Crippen molar-refractivity contribution in [2.24, 2.45) is 5.92 Å². The van der Waals surface area contributed by atoms with E-state index in [9.17, 15) is 8.42 Å². The second kappa shape index (κ2) is 7.03. The number of thiophene rings is 1. The van der Waals surface area contributed by atoms with E-state index < -0.39 is 10.0 Å². The van der Waals surface area contributed by atoms with Gasteiger partial charge in [-0.25, -0.2) is 13.1 Å². The molecule has 1 aromatic heterocycles. The van der Waals surface area contributed by atoms with Crippen LogP contribution in [0.3, 0.4) is 0 Å². The lowest BCUT2D eigenvalue weighted by atomic mass is 10.1. The Labute approximate surface area is 122 Å². The molecule has 0 saturated heterocycles. The van der Waals surface area contributed by atoms with Gasteiger partial charge in [0.15, 0.2) is 0 Å². The highest BCUT2D eigenvalue weighted by atomic mass is 79.9. The molecule has 1 aromatic rings. The Bertz CT molecular complexity index is 480. The van der Waals surface area contributed by atoms with E-state index in [0.717, 1.165) is 27.9 Å². The monoisotopic (exact) mass is 353 g/mol. The minimum Gasteiger partial charge on any atom is -0.211 e. The van der Waals surface area contributed by atoms with Crippen molar-refractivity contribution in [3.8, 4) is 0 Å². The minimum atomic E-state index is -3.34. The first-order valence-corrected chi connectivity index (χ1v) is 9.18. The summed E-state index contributed by atoms with van der Waals surface area (Å²) in [4.78, 5) is 1.21. The summed E-state index contributed by atoms with van der Waals surface area (Å²) in [6, 6.07) is 1.66. The summed E-state index contributed by atoms with van der Waals surface area (Å²) in [5.74, 6) is 0.677. The van der Waals surface area contributed by atoms with Crippen molar-refractivity contribution in [1.29, 1.82) is 0 Å². The number of rotatable bonds is 7. The summed E-state index contributed by atoms with van der Waals surface area (Å²) in [6.45, 7) is 6.69. The first-order chi connectivity index (χ1) is 8.33. The SMILES string of the molecule is Cc1sc(Br)cc1S(=O)(=O)NCCCCC(C)C. The fraction of sp³-hybridized carbons (Fsp3) is 0.667. The third-order valence-corrected chi connectivity index (χ3v) is 5.90. The summed E-state index contributed by atoms with van der Waals surface area (Å²) < 4.78 is 27.6. The molecule has 0 aliphatic carbocycles. The predicted molar refractivity (Wildman–Crippen MR) is 80.6 cm³/mol. The van der Waals surface area contributed by atoms with Crippen LogP contribution in [0.1, 0.15) is 38.0 Å². The van der Waals surface area contributed by atoms with Gasteiger partial charge in [-0.3, -0.25) is 0 Å². The highest BCUT2D eigenvalue weighted by Crippen LogP contribution is 2.29. The van der Waals surface area contributed by atoms with E-state index in [1.165, 1.54) is 11.3 Å². The van der Waals surface area contributed by atoms with Crippen LogP contribution in [0.5, 0.6) is 0 Å². The summed E-state index contributed by atoms with van der Waals surface area (Å²) in [5.41, 5.74) is 0. The molecule has 0 bridgehead atoms. The lowest BCUT2D eigenvalue weighted by molar-refractivity contribution is 0.530. The average Bonchev–Trinajstić information content (AvgIpc) is 2.57. The molecule has 104 valence electrons. The van der Waals surface area contributed by atoms with Crippen molar-refractivity contribution in [2.45, 2.75) is 44.9 Å². The Kier molecular flexibility index (Phi) is 6.30. The molecule has 6 heteroatoms. The highest BCUT2D eigenvalue weighted by Gasteiger charge is 2.18. The maximum absolute atomic E-state index is 12.0. The number of aryl methyl sites for hydroxylation is 1. The van der Waals surface area contributed by atoms with Gasteiger partial charge in [-0.2, -0.15) is 0 Å². The van der Waals surface area contributed by atoms with Gasteiger partial charge < -0.3 is 0 Å². The Morgan fingerprint density at radius 1 is 1.39 bits per heavy atom. The van der Waals surface area contributed by atoms with Gasteiger partial charge in [0.2, 0.25) is 10.0 Å². The molecular weight excluding hydrogens is 334 g/mol. The van der Waals surface area contributed by atoms with Crippen LogP contribution in [0, 0.1) is 12.8 Å². The molecule has 0 aliphatic rings. The van der Waals surface area contributed by atoms with Gasteiger partial charge in [0.1, 0.15) is 0 Å². The number of nitrogens with one attached hydrogen (secondary N) is 1. The van der Waals surface area contributed by atoms with Crippen molar-refractivity contribution in [3.63, 3.8) is 0 Å². The van der Waals surface area contributed by atoms with E-state index in [2.05, 4.69) is 34.5 Å². The Morgan fingerprint density at radius 2 is 2.06 bits per heavy atom. The smallest absolute Gasteiger partial charge is 0.211 e. The maximum Gasteiger partial charge on any atom is 0.241 e. The summed E-state index contributed by atoms with van der Waals surface area (Å²) in [5, 5.41) is 0. The lowest BCUT2D eigenvalue weighted by Gasteiger charge is -2.07. The van der Waals surface area contributed by atoms with Crippen molar-refractivity contribution >= 4 is 37.3 Å². The van der Waals surface area contributed by atoms with Crippen LogP contribution in [0.4, 0.5) is 0 Å². The largest absolute Gasteiger partial charge is 0.241 e. The zero-order valence-corrected chi connectivity index (χ0v) is 14.2. The van der Waals surface area contributed by atoms with E-state index >= 15 is 0 Å². The molecule has 0 fully saturated rings. The van der Waals surface area contributed by atoms with Crippen LogP contribution in [-0.4, -0.2) is 15.0 Å². The predicted octanol–water partition coefficient (Wildman–Crippen LogP) is 3.92. The van der Waals surface area contributed by atoms with Crippen molar-refractivity contribution < 1.29 is 8.42 Å². The topological polar surface area (TPSA) is 46.2 Å². The summed E-state index contributed by atoms with van der Waals surface area (Å²) in [7, 11) is -3.34. The molecule has 0 atom stereocenters. The van der Waals surface area contributed by atoms with Crippen LogP contribution in [0.2, 0.25) is 0 Å². The molecule has 1 heterocycles. The number of hydrogen-bond donors (Lipinski definition) is 1. The zero-order valence-electron chi connectivity index (χ0n) is 11.0. The van der Waals surface area contributed by atoms with Gasteiger partial charge >= 0.3 is 0 Å². The normalized spacial score (nSPS) is 12.3. The van der Waals surface area contributed by atoms with Gasteiger partial charge in [0.25, 0.3) is 0 Å². The van der Waals surface area contributed by atoms with Gasteiger partial charge in [0, 0.05) is 11.4 Å². The molecule has 0 saturated carbocycles. The molecular formula is C12H20BrNO2S2. The van der Waals surface area contributed by atoms with E-state index in [4.69, 9.17) is 0 Å². The average molecular weight is 354 g/mol. The second-order valence-corrected chi connectivity index (χ2v) is 9.13. The number of sulfonamides is 1. The standard InChI is InChI=1S/C12H20BrNO2S2/c1-9(2)6-4-5-7-14-18(15,16)11-8-12(13)17-10(11)3/h8-9,14H,4-7H2,1-3H3. The molecule has 0 aromatic carbocycles. The third kappa shape index (κ3) is 4.99. The van der Waals surface area contributed by atoms with Gasteiger partial charge in [-0.15, -0.1) is 11.3 Å². The lowest BCUT2D eigenvalue weighted by Crippen LogP contribution is -2.25. The number of hydrogen-bond acceptors (Lipinski definition) is 3. The Balaban J connectivity index is 2.48. The van der Waals surface area contributed by atoms with E-state index in [0.29, 0.717) is 17.4 Å². The summed E-state index contributed by atoms with van der Waals surface area (Å²) in [6.07, 6.45) is 3.10. The first-order valence-electron chi connectivity index (χ1n) is 6.08. The van der Waals surface area contributed by atoms with Crippen molar-refractivity contribution in [3.05, 3.63) is 14.7 Å². The van der Waals surface area contributed by atoms with Crippen LogP contribution >= 0.6 is 27.3 Å².